The van der Waals surface area contributed by atoms with Gasteiger partial charge in [-0.2, -0.15) is 0 Å². The summed E-state index contributed by atoms with van der Waals surface area (Å²) in [6, 6.07) is 8.24. The SMILES string of the molecule is Cc1ccc(N(C)CCC(C)(C)C(=O)O)cc1. The van der Waals surface area contributed by atoms with Crippen molar-refractivity contribution in [2.75, 3.05) is 18.5 Å². The highest BCUT2D eigenvalue weighted by Gasteiger charge is 2.26. The Kier molecular flexibility index (Phi) is 4.16. The van der Waals surface area contributed by atoms with E-state index in [0.717, 1.165) is 12.2 Å². The van der Waals surface area contributed by atoms with Gasteiger partial charge in [-0.05, 0) is 39.3 Å². The van der Waals surface area contributed by atoms with Crippen LogP contribution < -0.4 is 4.90 Å². The van der Waals surface area contributed by atoms with E-state index in [-0.39, 0.29) is 0 Å². The molecule has 1 aromatic carbocycles. The third-order valence-corrected chi connectivity index (χ3v) is 3.13. The second-order valence-electron chi connectivity index (χ2n) is 5.20. The quantitative estimate of drug-likeness (QED) is 0.853. The summed E-state index contributed by atoms with van der Waals surface area (Å²) in [6.45, 7) is 6.32. The fourth-order valence-electron chi connectivity index (χ4n) is 1.48. The molecule has 0 saturated carbocycles. The normalized spacial score (nSPS) is 11.3. The van der Waals surface area contributed by atoms with Crippen molar-refractivity contribution in [2.45, 2.75) is 27.2 Å². The van der Waals surface area contributed by atoms with Crippen LogP contribution in [0.25, 0.3) is 0 Å². The molecule has 0 aliphatic rings. The standard InChI is InChI=1S/C14H21NO2/c1-11-5-7-12(8-6-11)15(4)10-9-14(2,3)13(16)17/h5-8H,9-10H2,1-4H3,(H,16,17). The van der Waals surface area contributed by atoms with Gasteiger partial charge in [0.25, 0.3) is 0 Å². The molecular weight excluding hydrogens is 214 g/mol. The molecule has 0 fully saturated rings. The number of aryl methyl sites for hydroxylation is 1. The molecule has 0 aromatic heterocycles. The number of aliphatic carboxylic acids is 1. The van der Waals surface area contributed by atoms with E-state index in [1.807, 2.05) is 7.05 Å². The maximum atomic E-state index is 11.0. The molecule has 0 saturated heterocycles. The molecule has 0 aliphatic heterocycles. The maximum Gasteiger partial charge on any atom is 0.309 e. The van der Waals surface area contributed by atoms with Gasteiger partial charge in [-0.3, -0.25) is 4.79 Å². The summed E-state index contributed by atoms with van der Waals surface area (Å²) in [4.78, 5) is 13.1. The Morgan fingerprint density at radius 1 is 1.29 bits per heavy atom. The minimum atomic E-state index is -0.741. The fraction of sp³-hybridized carbons (Fsp3) is 0.500. The van der Waals surface area contributed by atoms with E-state index >= 15 is 0 Å². The van der Waals surface area contributed by atoms with Crippen molar-refractivity contribution in [3.63, 3.8) is 0 Å². The minimum absolute atomic E-state index is 0.632. The average Bonchev–Trinajstić information content (AvgIpc) is 2.27. The molecule has 0 spiro atoms. The first-order valence-electron chi connectivity index (χ1n) is 5.84. The van der Waals surface area contributed by atoms with Crippen LogP contribution >= 0.6 is 0 Å². The number of hydrogen-bond donors (Lipinski definition) is 1. The highest BCUT2D eigenvalue weighted by atomic mass is 16.4. The number of hydrogen-bond acceptors (Lipinski definition) is 2. The summed E-state index contributed by atoms with van der Waals surface area (Å²) >= 11 is 0. The molecule has 1 aromatic rings. The van der Waals surface area contributed by atoms with Crippen LogP contribution in [-0.2, 0) is 4.79 Å². The van der Waals surface area contributed by atoms with Crippen LogP contribution in [0.5, 0.6) is 0 Å². The smallest absolute Gasteiger partial charge is 0.309 e. The van der Waals surface area contributed by atoms with E-state index < -0.39 is 11.4 Å². The zero-order valence-corrected chi connectivity index (χ0v) is 11.0. The van der Waals surface area contributed by atoms with Gasteiger partial charge in [-0.25, -0.2) is 0 Å². The van der Waals surface area contributed by atoms with Crippen molar-refractivity contribution < 1.29 is 9.90 Å². The third-order valence-electron chi connectivity index (χ3n) is 3.13. The summed E-state index contributed by atoms with van der Waals surface area (Å²) < 4.78 is 0. The Morgan fingerprint density at radius 3 is 2.29 bits per heavy atom. The van der Waals surface area contributed by atoms with Crippen molar-refractivity contribution in [1.82, 2.24) is 0 Å². The van der Waals surface area contributed by atoms with Gasteiger partial charge >= 0.3 is 5.97 Å². The van der Waals surface area contributed by atoms with Crippen molar-refractivity contribution in [2.24, 2.45) is 5.41 Å². The zero-order valence-electron chi connectivity index (χ0n) is 11.0. The third kappa shape index (κ3) is 3.77. The summed E-state index contributed by atoms with van der Waals surface area (Å²) in [7, 11) is 1.99. The Bertz CT molecular complexity index is 382. The van der Waals surface area contributed by atoms with Gasteiger partial charge in [0.15, 0.2) is 0 Å². The number of rotatable bonds is 5. The monoisotopic (exact) mass is 235 g/mol. The van der Waals surface area contributed by atoms with Crippen molar-refractivity contribution in [1.29, 1.82) is 0 Å². The molecule has 0 radical (unpaired) electrons. The van der Waals surface area contributed by atoms with Crippen LogP contribution in [-0.4, -0.2) is 24.7 Å². The second-order valence-corrected chi connectivity index (χ2v) is 5.20. The Hall–Kier alpha value is -1.51. The average molecular weight is 235 g/mol. The number of carboxylic acid groups (broad SMARTS) is 1. The van der Waals surface area contributed by atoms with E-state index in [1.165, 1.54) is 5.56 Å². The molecule has 0 bridgehead atoms. The van der Waals surface area contributed by atoms with Gasteiger partial charge in [-0.15, -0.1) is 0 Å². The van der Waals surface area contributed by atoms with Crippen molar-refractivity contribution in [3.05, 3.63) is 29.8 Å². The highest BCUT2D eigenvalue weighted by molar-refractivity contribution is 5.73. The van der Waals surface area contributed by atoms with Crippen LogP contribution in [0, 0.1) is 12.3 Å². The highest BCUT2D eigenvalue weighted by Crippen LogP contribution is 2.22. The molecule has 1 N–H and O–H groups in total. The lowest BCUT2D eigenvalue weighted by Crippen LogP contribution is -2.30. The predicted molar refractivity (Wildman–Crippen MR) is 70.5 cm³/mol. The Labute approximate surface area is 103 Å². The number of carboxylic acids is 1. The van der Waals surface area contributed by atoms with E-state index in [1.54, 1.807) is 13.8 Å². The first kappa shape index (κ1) is 13.6. The van der Waals surface area contributed by atoms with Gasteiger partial charge in [0.05, 0.1) is 5.41 Å². The lowest BCUT2D eigenvalue weighted by atomic mass is 9.89. The minimum Gasteiger partial charge on any atom is -0.481 e. The molecule has 0 unspecified atom stereocenters. The van der Waals surface area contributed by atoms with Crippen molar-refractivity contribution in [3.8, 4) is 0 Å². The van der Waals surface area contributed by atoms with Crippen LogP contribution in [0.15, 0.2) is 24.3 Å². The van der Waals surface area contributed by atoms with E-state index in [9.17, 15) is 4.79 Å². The van der Waals surface area contributed by atoms with Crippen LogP contribution in [0.3, 0.4) is 0 Å². The summed E-state index contributed by atoms with van der Waals surface area (Å²) in [6.07, 6.45) is 0.632. The molecule has 17 heavy (non-hydrogen) atoms. The lowest BCUT2D eigenvalue weighted by Gasteiger charge is -2.25. The molecule has 0 atom stereocenters. The van der Waals surface area contributed by atoms with Gasteiger partial charge in [0.2, 0.25) is 0 Å². The number of nitrogens with zero attached hydrogens (tertiary/aromatic N) is 1. The van der Waals surface area contributed by atoms with Gasteiger partial charge in [-0.1, -0.05) is 17.7 Å². The molecular formula is C14H21NO2. The first-order valence-corrected chi connectivity index (χ1v) is 5.84. The van der Waals surface area contributed by atoms with Crippen molar-refractivity contribution >= 4 is 11.7 Å². The number of carbonyl (C=O) groups is 1. The molecule has 0 amide bonds. The second kappa shape index (κ2) is 5.21. The fourth-order valence-corrected chi connectivity index (χ4v) is 1.48. The Morgan fingerprint density at radius 2 is 1.82 bits per heavy atom. The number of benzene rings is 1. The van der Waals surface area contributed by atoms with Gasteiger partial charge in [0.1, 0.15) is 0 Å². The molecule has 0 heterocycles. The lowest BCUT2D eigenvalue weighted by molar-refractivity contribution is -0.147. The van der Waals surface area contributed by atoms with Gasteiger partial charge < -0.3 is 10.0 Å². The predicted octanol–water partition coefficient (Wildman–Crippen LogP) is 2.93. The number of anilines is 1. The zero-order chi connectivity index (χ0) is 13.1. The first-order chi connectivity index (χ1) is 7.83. The summed E-state index contributed by atoms with van der Waals surface area (Å²) in [5.74, 6) is -0.741. The topological polar surface area (TPSA) is 40.5 Å². The molecule has 0 aliphatic carbocycles. The van der Waals surface area contributed by atoms with Crippen LogP contribution in [0.4, 0.5) is 5.69 Å². The van der Waals surface area contributed by atoms with E-state index in [4.69, 9.17) is 5.11 Å². The van der Waals surface area contributed by atoms with Crippen LogP contribution in [0.1, 0.15) is 25.8 Å². The van der Waals surface area contributed by atoms with E-state index in [2.05, 4.69) is 36.1 Å². The largest absolute Gasteiger partial charge is 0.481 e. The summed E-state index contributed by atoms with van der Waals surface area (Å²) in [5, 5.41) is 9.04. The van der Waals surface area contributed by atoms with Crippen LogP contribution in [0.2, 0.25) is 0 Å². The molecule has 94 valence electrons. The molecule has 1 rings (SSSR count). The molecule has 3 nitrogen and oxygen atoms in total. The van der Waals surface area contributed by atoms with Gasteiger partial charge in [0, 0.05) is 19.3 Å². The Balaban J connectivity index is 2.58. The van der Waals surface area contributed by atoms with E-state index in [0.29, 0.717) is 6.42 Å². The molecule has 3 heteroatoms. The summed E-state index contributed by atoms with van der Waals surface area (Å²) in [5.41, 5.74) is 1.68. The maximum absolute atomic E-state index is 11.0.